The first kappa shape index (κ1) is 28.8. The Labute approximate surface area is 234 Å². The number of hydrogen-bond acceptors (Lipinski definition) is 10. The van der Waals surface area contributed by atoms with Crippen LogP contribution >= 0.6 is 0 Å². The predicted octanol–water partition coefficient (Wildman–Crippen LogP) is 2.99. The van der Waals surface area contributed by atoms with E-state index in [4.69, 9.17) is 4.74 Å². The molecule has 11 nitrogen and oxygen atoms in total. The van der Waals surface area contributed by atoms with E-state index in [0.29, 0.717) is 29.2 Å². The number of anilines is 5. The minimum Gasteiger partial charge on any atom is -0.494 e. The van der Waals surface area contributed by atoms with Crippen LogP contribution in [0, 0.1) is 0 Å². The van der Waals surface area contributed by atoms with Gasteiger partial charge in [0.1, 0.15) is 11.4 Å². The van der Waals surface area contributed by atoms with Gasteiger partial charge in [0.05, 0.1) is 30.3 Å². The maximum absolute atomic E-state index is 13.2. The zero-order valence-corrected chi connectivity index (χ0v) is 23.6. The van der Waals surface area contributed by atoms with Crippen molar-refractivity contribution in [1.82, 2.24) is 14.9 Å². The highest BCUT2D eigenvalue weighted by atomic mass is 16.5. The fourth-order valence-corrected chi connectivity index (χ4v) is 4.53. The third-order valence-corrected chi connectivity index (χ3v) is 6.72. The fourth-order valence-electron chi connectivity index (χ4n) is 4.53. The van der Waals surface area contributed by atoms with Crippen molar-refractivity contribution in [3.8, 4) is 5.75 Å². The van der Waals surface area contributed by atoms with Gasteiger partial charge in [0.15, 0.2) is 0 Å². The number of nitrogens with zero attached hydrogens (tertiary/aromatic N) is 5. The van der Waals surface area contributed by atoms with Gasteiger partial charge in [-0.25, -0.2) is 9.97 Å². The Balaban J connectivity index is 1.56. The number of ether oxygens (including phenoxy) is 1. The quantitative estimate of drug-likeness (QED) is 0.309. The molecule has 212 valence electrons. The summed E-state index contributed by atoms with van der Waals surface area (Å²) in [6.45, 7) is 4.41. The molecule has 0 radical (unpaired) electrons. The highest BCUT2D eigenvalue weighted by Crippen LogP contribution is 2.38. The molecule has 1 amide bonds. The van der Waals surface area contributed by atoms with Crippen molar-refractivity contribution in [2.45, 2.75) is 19.4 Å². The SMILES string of the molecule is COc1cc(N(C)CCN(C)C)c(NC(C)=O)cc1Nc1nccc(C(=O)c2ccc(N3CC[C@@H](O)C3)cc2)n1. The summed E-state index contributed by atoms with van der Waals surface area (Å²) < 4.78 is 5.65. The lowest BCUT2D eigenvalue weighted by Crippen LogP contribution is -2.29. The number of methoxy groups -OCH3 is 1. The van der Waals surface area contributed by atoms with Crippen LogP contribution < -0.4 is 25.2 Å². The van der Waals surface area contributed by atoms with Gasteiger partial charge in [-0.15, -0.1) is 0 Å². The number of nitrogens with one attached hydrogen (secondary N) is 2. The monoisotopic (exact) mass is 547 g/mol. The van der Waals surface area contributed by atoms with E-state index in [2.05, 4.69) is 30.4 Å². The summed E-state index contributed by atoms with van der Waals surface area (Å²) >= 11 is 0. The number of β-amino-alcohol motifs (C(OH)–C–C–N with tert-alkyl or cyclic N) is 1. The summed E-state index contributed by atoms with van der Waals surface area (Å²) in [7, 11) is 7.53. The Kier molecular flexibility index (Phi) is 9.18. The van der Waals surface area contributed by atoms with E-state index >= 15 is 0 Å². The van der Waals surface area contributed by atoms with Crippen LogP contribution in [0.4, 0.5) is 28.7 Å². The minimum atomic E-state index is -0.318. The van der Waals surface area contributed by atoms with Crippen LogP contribution in [-0.2, 0) is 4.79 Å². The molecule has 2 heterocycles. The van der Waals surface area contributed by atoms with Crippen molar-refractivity contribution < 1.29 is 19.4 Å². The van der Waals surface area contributed by atoms with Gasteiger partial charge in [0.2, 0.25) is 17.6 Å². The van der Waals surface area contributed by atoms with Gasteiger partial charge in [0.25, 0.3) is 0 Å². The van der Waals surface area contributed by atoms with Gasteiger partial charge < -0.3 is 35.2 Å². The summed E-state index contributed by atoms with van der Waals surface area (Å²) in [6.07, 6.45) is 1.94. The standard InChI is InChI=1S/C29H37N7O4/c1-19(37)31-24-16-25(27(40-5)17-26(24)35(4)15-14-34(2)3)33-29-30-12-10-23(32-29)28(39)20-6-8-21(9-7-20)36-13-11-22(38)18-36/h6-10,12,16-17,22,38H,11,13-15,18H2,1-5H3,(H,31,37)(H,30,32,33)/t22-/m1/s1. The Hall–Kier alpha value is -4.22. The van der Waals surface area contributed by atoms with E-state index in [0.717, 1.165) is 37.4 Å². The van der Waals surface area contributed by atoms with Crippen molar-refractivity contribution in [3.63, 3.8) is 0 Å². The summed E-state index contributed by atoms with van der Waals surface area (Å²) in [6, 6.07) is 12.5. The number of aliphatic hydroxyl groups is 1. The fraction of sp³-hybridized carbons (Fsp3) is 0.379. The number of hydrogen-bond donors (Lipinski definition) is 3. The van der Waals surface area contributed by atoms with Gasteiger partial charge in [-0.3, -0.25) is 9.59 Å². The minimum absolute atomic E-state index is 0.200. The molecule has 0 bridgehead atoms. The number of aromatic nitrogens is 2. The number of likely N-dealkylation sites (N-methyl/N-ethyl adjacent to an activating group) is 2. The van der Waals surface area contributed by atoms with Crippen LogP contribution in [0.15, 0.2) is 48.7 Å². The maximum atomic E-state index is 13.2. The normalized spacial score (nSPS) is 14.8. The molecule has 1 saturated heterocycles. The molecule has 1 aliphatic rings. The van der Waals surface area contributed by atoms with Crippen LogP contribution in [-0.4, -0.2) is 92.2 Å². The van der Waals surface area contributed by atoms with Crippen molar-refractivity contribution in [2.75, 3.05) is 74.9 Å². The lowest BCUT2D eigenvalue weighted by Gasteiger charge is -2.25. The van der Waals surface area contributed by atoms with Gasteiger partial charge in [-0.2, -0.15) is 0 Å². The molecule has 1 aliphatic heterocycles. The number of ketones is 1. The Morgan fingerprint density at radius 1 is 1.10 bits per heavy atom. The molecular weight excluding hydrogens is 510 g/mol. The highest BCUT2D eigenvalue weighted by Gasteiger charge is 2.21. The second kappa shape index (κ2) is 12.8. The smallest absolute Gasteiger partial charge is 0.227 e. The maximum Gasteiger partial charge on any atom is 0.227 e. The van der Waals surface area contributed by atoms with Gasteiger partial charge in [0, 0.05) is 63.7 Å². The van der Waals surface area contributed by atoms with E-state index in [1.165, 1.54) is 13.1 Å². The van der Waals surface area contributed by atoms with Crippen LogP contribution in [0.5, 0.6) is 5.75 Å². The van der Waals surface area contributed by atoms with E-state index in [9.17, 15) is 14.7 Å². The zero-order chi connectivity index (χ0) is 28.8. The molecule has 1 fully saturated rings. The topological polar surface area (TPSA) is 123 Å². The molecule has 0 aliphatic carbocycles. The molecular formula is C29H37N7O4. The number of carbonyl (C=O) groups is 2. The van der Waals surface area contributed by atoms with Crippen LogP contribution in [0.2, 0.25) is 0 Å². The average Bonchev–Trinajstić information content (AvgIpc) is 3.37. The van der Waals surface area contributed by atoms with Gasteiger partial charge in [-0.05, 0) is 56.9 Å². The number of rotatable bonds is 11. The summed E-state index contributed by atoms with van der Waals surface area (Å²) in [5.74, 6) is 0.314. The van der Waals surface area contributed by atoms with Crippen molar-refractivity contribution >= 4 is 40.4 Å². The first-order chi connectivity index (χ1) is 19.1. The van der Waals surface area contributed by atoms with E-state index in [-0.39, 0.29) is 29.4 Å². The summed E-state index contributed by atoms with van der Waals surface area (Å²) in [5, 5.41) is 15.8. The van der Waals surface area contributed by atoms with Crippen LogP contribution in [0.25, 0.3) is 0 Å². The first-order valence-electron chi connectivity index (χ1n) is 13.2. The highest BCUT2D eigenvalue weighted by molar-refractivity contribution is 6.08. The van der Waals surface area contributed by atoms with Gasteiger partial charge >= 0.3 is 0 Å². The molecule has 40 heavy (non-hydrogen) atoms. The Bertz CT molecular complexity index is 1350. The molecule has 3 aromatic rings. The molecule has 11 heteroatoms. The number of carbonyl (C=O) groups excluding carboxylic acids is 2. The lowest BCUT2D eigenvalue weighted by atomic mass is 10.1. The molecule has 0 saturated carbocycles. The molecule has 3 N–H and O–H groups in total. The van der Waals surface area contributed by atoms with Crippen LogP contribution in [0.3, 0.4) is 0 Å². The number of benzene rings is 2. The summed E-state index contributed by atoms with van der Waals surface area (Å²) in [4.78, 5) is 40.2. The largest absolute Gasteiger partial charge is 0.494 e. The van der Waals surface area contributed by atoms with Crippen LogP contribution in [0.1, 0.15) is 29.4 Å². The predicted molar refractivity (Wildman–Crippen MR) is 157 cm³/mol. The molecule has 0 spiro atoms. The van der Waals surface area contributed by atoms with Gasteiger partial charge in [-0.1, -0.05) is 0 Å². The van der Waals surface area contributed by atoms with E-state index in [1.807, 2.05) is 44.2 Å². The molecule has 4 rings (SSSR count). The molecule has 2 aromatic carbocycles. The summed E-state index contributed by atoms with van der Waals surface area (Å²) in [5.41, 5.74) is 3.66. The first-order valence-corrected chi connectivity index (χ1v) is 13.2. The second-order valence-electron chi connectivity index (χ2n) is 10.1. The zero-order valence-electron chi connectivity index (χ0n) is 23.6. The lowest BCUT2D eigenvalue weighted by molar-refractivity contribution is -0.114. The third kappa shape index (κ3) is 7.04. The second-order valence-corrected chi connectivity index (χ2v) is 10.1. The van der Waals surface area contributed by atoms with Crippen molar-refractivity contribution in [3.05, 3.63) is 59.9 Å². The Morgan fingerprint density at radius 3 is 2.48 bits per heavy atom. The molecule has 0 unspecified atom stereocenters. The number of amides is 1. The van der Waals surface area contributed by atoms with E-state index in [1.54, 1.807) is 31.4 Å². The molecule has 1 aromatic heterocycles. The van der Waals surface area contributed by atoms with Crippen molar-refractivity contribution in [1.29, 1.82) is 0 Å². The van der Waals surface area contributed by atoms with E-state index < -0.39 is 0 Å². The molecule has 1 atom stereocenters. The number of aliphatic hydroxyl groups excluding tert-OH is 1. The Morgan fingerprint density at radius 2 is 1.85 bits per heavy atom. The van der Waals surface area contributed by atoms with Crippen molar-refractivity contribution in [2.24, 2.45) is 0 Å². The average molecular weight is 548 g/mol. The third-order valence-electron chi connectivity index (χ3n) is 6.72.